The maximum Gasteiger partial charge on any atom is 0.573 e. The van der Waals surface area contributed by atoms with Gasteiger partial charge in [0.1, 0.15) is 12.1 Å². The summed E-state index contributed by atoms with van der Waals surface area (Å²) in [6, 6.07) is 18.6. The third kappa shape index (κ3) is 7.44. The van der Waals surface area contributed by atoms with Crippen LogP contribution in [0.1, 0.15) is 30.0 Å². The first kappa shape index (κ1) is 29.9. The summed E-state index contributed by atoms with van der Waals surface area (Å²) in [5.74, 6) is 1.04. The number of amidine groups is 1. The van der Waals surface area contributed by atoms with Crippen molar-refractivity contribution in [1.82, 2.24) is 20.1 Å². The van der Waals surface area contributed by atoms with Crippen LogP contribution >= 0.6 is 11.8 Å². The number of carbonyl (C=O) groups is 1. The van der Waals surface area contributed by atoms with Gasteiger partial charge in [0.25, 0.3) is 0 Å². The van der Waals surface area contributed by atoms with Gasteiger partial charge in [-0.1, -0.05) is 54.2 Å². The van der Waals surface area contributed by atoms with Gasteiger partial charge in [0.05, 0.1) is 5.69 Å². The van der Waals surface area contributed by atoms with Gasteiger partial charge in [0.2, 0.25) is 0 Å². The molecule has 2 amide bonds. The SMILES string of the molecule is C/C(=C\NC(=O)N=C1SCCCN1c1c(C)cccc1C)c1ccc(-c2ncn(-c3ccc(OC(F)(F)F)cc3)n2)cc1. The summed E-state index contributed by atoms with van der Waals surface area (Å²) in [4.78, 5) is 23.6. The number of aromatic nitrogens is 3. The molecular formula is C31H29F3N6O2S. The predicted molar refractivity (Wildman–Crippen MR) is 163 cm³/mol. The number of aliphatic imine (C=N–C) groups is 1. The molecule has 1 aliphatic heterocycles. The maximum atomic E-state index is 12.8. The van der Waals surface area contributed by atoms with E-state index in [0.29, 0.717) is 16.7 Å². The Morgan fingerprint density at radius 2 is 1.74 bits per heavy atom. The molecule has 222 valence electrons. The normalized spacial score (nSPS) is 15.1. The van der Waals surface area contributed by atoms with Gasteiger partial charge in [-0.15, -0.1) is 18.3 Å². The summed E-state index contributed by atoms with van der Waals surface area (Å²) in [7, 11) is 0. The van der Waals surface area contributed by atoms with Crippen LogP contribution in [-0.4, -0.2) is 44.6 Å². The van der Waals surface area contributed by atoms with Gasteiger partial charge in [0.15, 0.2) is 11.0 Å². The third-order valence-corrected chi connectivity index (χ3v) is 7.79. The minimum atomic E-state index is -4.75. The van der Waals surface area contributed by atoms with E-state index in [0.717, 1.165) is 52.2 Å². The molecule has 0 unspecified atom stereocenters. The number of alkyl halides is 3. The highest BCUT2D eigenvalue weighted by molar-refractivity contribution is 8.14. The Balaban J connectivity index is 1.23. The van der Waals surface area contributed by atoms with Crippen LogP contribution in [0.3, 0.4) is 0 Å². The van der Waals surface area contributed by atoms with Crippen LogP contribution in [0, 0.1) is 13.8 Å². The fourth-order valence-corrected chi connectivity index (χ4v) is 5.61. The molecule has 1 N–H and O–H groups in total. The number of amides is 2. The second kappa shape index (κ2) is 12.7. The van der Waals surface area contributed by atoms with E-state index in [1.807, 2.05) is 37.3 Å². The zero-order valence-electron chi connectivity index (χ0n) is 23.7. The molecule has 1 fully saturated rings. The summed E-state index contributed by atoms with van der Waals surface area (Å²) in [5, 5.41) is 7.91. The summed E-state index contributed by atoms with van der Waals surface area (Å²) >= 11 is 1.58. The number of allylic oxidation sites excluding steroid dienone is 1. The summed E-state index contributed by atoms with van der Waals surface area (Å²) < 4.78 is 42.6. The van der Waals surface area contributed by atoms with Crippen LogP contribution in [0.4, 0.5) is 23.7 Å². The molecule has 0 bridgehead atoms. The van der Waals surface area contributed by atoms with Gasteiger partial charge in [-0.25, -0.2) is 14.5 Å². The minimum absolute atomic E-state index is 0.314. The summed E-state index contributed by atoms with van der Waals surface area (Å²) in [6.07, 6.45) is -0.620. The highest BCUT2D eigenvalue weighted by atomic mass is 32.2. The number of carbonyl (C=O) groups excluding carboxylic acids is 1. The van der Waals surface area contributed by atoms with Crippen molar-refractivity contribution in [1.29, 1.82) is 0 Å². The predicted octanol–water partition coefficient (Wildman–Crippen LogP) is 7.52. The van der Waals surface area contributed by atoms with Crippen LogP contribution < -0.4 is 15.0 Å². The molecule has 4 aromatic rings. The molecule has 0 atom stereocenters. The van der Waals surface area contributed by atoms with Crippen molar-refractivity contribution in [3.05, 3.63) is 95.9 Å². The average molecular weight is 607 g/mol. The van der Waals surface area contributed by atoms with Crippen molar-refractivity contribution in [2.24, 2.45) is 4.99 Å². The van der Waals surface area contributed by atoms with Gasteiger partial charge in [0, 0.05) is 29.7 Å². The lowest BCUT2D eigenvalue weighted by Crippen LogP contribution is -2.36. The van der Waals surface area contributed by atoms with Crippen molar-refractivity contribution < 1.29 is 22.7 Å². The van der Waals surface area contributed by atoms with E-state index in [4.69, 9.17) is 0 Å². The van der Waals surface area contributed by atoms with Crippen LogP contribution in [0.25, 0.3) is 22.6 Å². The number of ether oxygens (including phenoxy) is 1. The number of thioether (sulfide) groups is 1. The zero-order valence-corrected chi connectivity index (χ0v) is 24.5. The number of urea groups is 1. The highest BCUT2D eigenvalue weighted by Gasteiger charge is 2.31. The number of anilines is 1. The molecule has 0 radical (unpaired) electrons. The molecular weight excluding hydrogens is 577 g/mol. The second-order valence-corrected chi connectivity index (χ2v) is 11.0. The molecule has 43 heavy (non-hydrogen) atoms. The number of rotatable bonds is 6. The van der Waals surface area contributed by atoms with Crippen LogP contribution in [0.15, 0.2) is 84.2 Å². The Hall–Kier alpha value is -4.58. The Labute approximate surface area is 251 Å². The molecule has 12 heteroatoms. The monoisotopic (exact) mass is 606 g/mol. The van der Waals surface area contributed by atoms with Crippen LogP contribution in [-0.2, 0) is 0 Å². The standard InChI is InChI=1S/C31H29F3N6O2S/c1-20-6-4-7-21(2)27(20)39-16-5-17-43-30(39)37-29(41)35-18-22(3)23-8-10-24(11-9-23)28-36-19-40(38-28)25-12-14-26(15-13-25)42-31(32,33)34/h4,6-15,18-19H,5,16-17H2,1-3H3,(H,35,41)/b22-18+,37-30?. The number of nitrogens with one attached hydrogen (secondary N) is 1. The zero-order chi connectivity index (χ0) is 30.6. The van der Waals surface area contributed by atoms with Gasteiger partial charge >= 0.3 is 12.4 Å². The number of halogens is 3. The first-order chi connectivity index (χ1) is 20.6. The lowest BCUT2D eigenvalue weighted by Gasteiger charge is -2.31. The molecule has 1 aromatic heterocycles. The third-order valence-electron chi connectivity index (χ3n) is 6.73. The van der Waals surface area contributed by atoms with E-state index in [9.17, 15) is 18.0 Å². The number of para-hydroxylation sites is 1. The Morgan fingerprint density at radius 3 is 2.42 bits per heavy atom. The molecule has 2 heterocycles. The molecule has 3 aromatic carbocycles. The first-order valence-corrected chi connectivity index (χ1v) is 14.5. The van der Waals surface area contributed by atoms with E-state index < -0.39 is 12.4 Å². The molecule has 0 saturated carbocycles. The molecule has 1 aliphatic rings. The number of hydrogen-bond donors (Lipinski definition) is 1. The van der Waals surface area contributed by atoms with E-state index in [1.165, 1.54) is 35.3 Å². The quantitative estimate of drug-likeness (QED) is 0.244. The lowest BCUT2D eigenvalue weighted by atomic mass is 10.1. The van der Waals surface area contributed by atoms with Gasteiger partial charge in [-0.05, 0) is 73.7 Å². The van der Waals surface area contributed by atoms with Gasteiger partial charge in [-0.3, -0.25) is 0 Å². The average Bonchev–Trinajstić information content (AvgIpc) is 3.47. The smallest absolute Gasteiger partial charge is 0.406 e. The lowest BCUT2D eigenvalue weighted by molar-refractivity contribution is -0.274. The maximum absolute atomic E-state index is 12.8. The molecule has 0 spiro atoms. The number of hydrogen-bond acceptors (Lipinski definition) is 5. The second-order valence-electron chi connectivity index (χ2n) is 9.90. The Kier molecular flexibility index (Phi) is 8.86. The van der Waals surface area contributed by atoms with E-state index in [-0.39, 0.29) is 5.75 Å². The first-order valence-electron chi connectivity index (χ1n) is 13.5. The fourth-order valence-electron chi connectivity index (χ4n) is 4.67. The fraction of sp³-hybridized carbons (Fsp3) is 0.226. The Bertz CT molecular complexity index is 1640. The highest BCUT2D eigenvalue weighted by Crippen LogP contribution is 2.31. The van der Waals surface area contributed by atoms with Gasteiger partial charge in [-0.2, -0.15) is 4.99 Å². The van der Waals surface area contributed by atoms with E-state index in [2.05, 4.69) is 56.0 Å². The number of aryl methyl sites for hydroxylation is 2. The van der Waals surface area contributed by atoms with Crippen molar-refractivity contribution in [3.63, 3.8) is 0 Å². The topological polar surface area (TPSA) is 84.6 Å². The van der Waals surface area contributed by atoms with Crippen LogP contribution in [0.2, 0.25) is 0 Å². The van der Waals surface area contributed by atoms with Crippen LogP contribution in [0.5, 0.6) is 5.75 Å². The number of nitrogens with zero attached hydrogens (tertiary/aromatic N) is 5. The minimum Gasteiger partial charge on any atom is -0.406 e. The molecule has 1 saturated heterocycles. The Morgan fingerprint density at radius 1 is 1.05 bits per heavy atom. The summed E-state index contributed by atoms with van der Waals surface area (Å²) in [5.41, 5.74) is 6.40. The van der Waals surface area contributed by atoms with E-state index in [1.54, 1.807) is 18.0 Å². The largest absolute Gasteiger partial charge is 0.573 e. The summed E-state index contributed by atoms with van der Waals surface area (Å²) in [6.45, 7) is 6.83. The molecule has 0 aliphatic carbocycles. The van der Waals surface area contributed by atoms with Crippen molar-refractivity contribution >= 4 is 34.2 Å². The molecule has 5 rings (SSSR count). The van der Waals surface area contributed by atoms with Crippen molar-refractivity contribution in [2.75, 3.05) is 17.2 Å². The molecule has 8 nitrogen and oxygen atoms in total. The van der Waals surface area contributed by atoms with Crippen molar-refractivity contribution in [2.45, 2.75) is 33.6 Å². The van der Waals surface area contributed by atoms with E-state index >= 15 is 0 Å². The number of benzene rings is 3. The van der Waals surface area contributed by atoms with Gasteiger partial charge < -0.3 is 15.0 Å². The van der Waals surface area contributed by atoms with Crippen molar-refractivity contribution in [3.8, 4) is 22.8 Å².